The first kappa shape index (κ1) is 23.0. The topological polar surface area (TPSA) is 89.0 Å². The summed E-state index contributed by atoms with van der Waals surface area (Å²) in [5, 5.41) is 11.5. The summed E-state index contributed by atoms with van der Waals surface area (Å²) in [7, 11) is 1.57. The van der Waals surface area contributed by atoms with Crippen LogP contribution in [0.25, 0.3) is 0 Å². The third-order valence-electron chi connectivity index (χ3n) is 5.08. The second kappa shape index (κ2) is 9.62. The number of amides is 1. The van der Waals surface area contributed by atoms with E-state index in [1.165, 1.54) is 16.2 Å². The number of Topliss-reactive ketones (excluding diaryl/α,β-unsaturated/α-hetero) is 1. The van der Waals surface area contributed by atoms with Gasteiger partial charge in [0.25, 0.3) is 5.91 Å². The summed E-state index contributed by atoms with van der Waals surface area (Å²) in [5.41, 5.74) is 1.41. The number of ether oxygens (including phenoxy) is 2. The van der Waals surface area contributed by atoms with Crippen LogP contribution >= 0.6 is 11.3 Å². The Morgan fingerprint density at radius 3 is 2.48 bits per heavy atom. The lowest BCUT2D eigenvalue weighted by Gasteiger charge is -2.27. The molecule has 1 unspecified atom stereocenters. The van der Waals surface area contributed by atoms with E-state index < -0.39 is 17.7 Å². The van der Waals surface area contributed by atoms with Crippen molar-refractivity contribution in [1.29, 1.82) is 0 Å². The second-order valence-corrected chi connectivity index (χ2v) is 8.89. The maximum absolute atomic E-state index is 13.4. The first-order valence-electron chi connectivity index (χ1n) is 10.2. The van der Waals surface area contributed by atoms with Gasteiger partial charge in [-0.25, -0.2) is 4.98 Å². The Bertz CT molecular complexity index is 994. The molecule has 1 N–H and O–H groups in total. The molecule has 1 aromatic carbocycles. The number of hydrogen-bond donors (Lipinski definition) is 1. The van der Waals surface area contributed by atoms with E-state index in [1.54, 1.807) is 26.2 Å². The van der Waals surface area contributed by atoms with Gasteiger partial charge in [0.2, 0.25) is 5.78 Å². The lowest BCUT2D eigenvalue weighted by atomic mass is 9.95. The average Bonchev–Trinajstić information content (AvgIpc) is 3.20. The zero-order valence-electron chi connectivity index (χ0n) is 18.5. The Hall–Kier alpha value is -2.71. The quantitative estimate of drug-likeness (QED) is 0.461. The highest BCUT2D eigenvalue weighted by Gasteiger charge is 2.44. The predicted octanol–water partition coefficient (Wildman–Crippen LogP) is 4.16. The zero-order valence-corrected chi connectivity index (χ0v) is 19.3. The van der Waals surface area contributed by atoms with Crippen LogP contribution in [-0.2, 0) is 9.53 Å². The van der Waals surface area contributed by atoms with Gasteiger partial charge in [-0.15, -0.1) is 11.3 Å². The minimum absolute atomic E-state index is 0.0895. The van der Waals surface area contributed by atoms with Gasteiger partial charge in [0, 0.05) is 13.2 Å². The number of methoxy groups -OCH3 is 1. The van der Waals surface area contributed by atoms with Gasteiger partial charge in [0.05, 0.1) is 40.4 Å². The van der Waals surface area contributed by atoms with Crippen LogP contribution in [0.3, 0.4) is 0 Å². The molecule has 3 rings (SSSR count). The third kappa shape index (κ3) is 4.80. The summed E-state index contributed by atoms with van der Waals surface area (Å²) in [4.78, 5) is 32.7. The van der Waals surface area contributed by atoms with Crippen LogP contribution < -0.4 is 4.74 Å². The molecule has 1 amide bonds. The molecule has 166 valence electrons. The summed E-state index contributed by atoms with van der Waals surface area (Å²) in [5.74, 6) is -0.746. The SMILES string of the molecule is COc1ccc(C2C(C(=O)c3sc(C)nc3C)=C(O)C(=O)N2CCCOC(C)C)cc1. The molecule has 0 aliphatic carbocycles. The lowest BCUT2D eigenvalue weighted by molar-refractivity contribution is -0.129. The largest absolute Gasteiger partial charge is 0.503 e. The van der Waals surface area contributed by atoms with Crippen molar-refractivity contribution < 1.29 is 24.2 Å². The number of carbonyl (C=O) groups is 2. The van der Waals surface area contributed by atoms with Crippen molar-refractivity contribution in [3.8, 4) is 5.75 Å². The summed E-state index contributed by atoms with van der Waals surface area (Å²) >= 11 is 1.27. The molecular weight excluding hydrogens is 416 g/mol. The molecule has 1 atom stereocenters. The zero-order chi connectivity index (χ0) is 22.7. The number of benzene rings is 1. The van der Waals surface area contributed by atoms with Crippen LogP contribution in [0.2, 0.25) is 0 Å². The molecule has 0 spiro atoms. The molecule has 0 saturated heterocycles. The summed E-state index contributed by atoms with van der Waals surface area (Å²) in [6.45, 7) is 8.31. The number of hydrogen-bond acceptors (Lipinski definition) is 7. The second-order valence-electron chi connectivity index (χ2n) is 7.69. The molecule has 8 heteroatoms. The number of aromatic nitrogens is 1. The Labute approximate surface area is 186 Å². The molecular formula is C23H28N2O5S. The van der Waals surface area contributed by atoms with E-state index in [0.29, 0.717) is 35.9 Å². The predicted molar refractivity (Wildman–Crippen MR) is 119 cm³/mol. The molecule has 7 nitrogen and oxygen atoms in total. The van der Waals surface area contributed by atoms with Crippen molar-refractivity contribution in [3.05, 3.63) is 56.7 Å². The molecule has 2 heterocycles. The van der Waals surface area contributed by atoms with E-state index in [-0.39, 0.29) is 17.5 Å². The normalized spacial score (nSPS) is 16.5. The number of rotatable bonds is 9. The molecule has 0 radical (unpaired) electrons. The smallest absolute Gasteiger partial charge is 0.290 e. The van der Waals surface area contributed by atoms with Gasteiger partial charge < -0.3 is 19.5 Å². The Kier molecular flexibility index (Phi) is 7.12. The van der Waals surface area contributed by atoms with Crippen molar-refractivity contribution >= 4 is 23.0 Å². The molecule has 0 saturated carbocycles. The molecule has 1 aliphatic rings. The first-order valence-corrected chi connectivity index (χ1v) is 11.0. The Morgan fingerprint density at radius 1 is 1.26 bits per heavy atom. The van der Waals surface area contributed by atoms with Crippen molar-refractivity contribution in [2.24, 2.45) is 0 Å². The van der Waals surface area contributed by atoms with Gasteiger partial charge in [0.1, 0.15) is 5.75 Å². The van der Waals surface area contributed by atoms with E-state index in [1.807, 2.05) is 32.9 Å². The molecule has 1 aliphatic heterocycles. The van der Waals surface area contributed by atoms with Gasteiger partial charge in [-0.05, 0) is 51.8 Å². The van der Waals surface area contributed by atoms with Crippen molar-refractivity contribution in [2.45, 2.75) is 46.3 Å². The van der Waals surface area contributed by atoms with Gasteiger partial charge in [-0.1, -0.05) is 12.1 Å². The van der Waals surface area contributed by atoms with E-state index in [2.05, 4.69) is 4.98 Å². The monoisotopic (exact) mass is 444 g/mol. The minimum atomic E-state index is -0.688. The van der Waals surface area contributed by atoms with E-state index in [9.17, 15) is 14.7 Å². The molecule has 31 heavy (non-hydrogen) atoms. The van der Waals surface area contributed by atoms with Crippen LogP contribution in [0.5, 0.6) is 5.75 Å². The number of aryl methyl sites for hydroxylation is 2. The van der Waals surface area contributed by atoms with E-state index in [0.717, 1.165) is 10.6 Å². The Morgan fingerprint density at radius 2 is 1.94 bits per heavy atom. The van der Waals surface area contributed by atoms with Crippen LogP contribution in [0.15, 0.2) is 35.6 Å². The highest BCUT2D eigenvalue weighted by molar-refractivity contribution is 7.14. The number of nitrogens with zero attached hydrogens (tertiary/aromatic N) is 2. The van der Waals surface area contributed by atoms with Gasteiger partial charge >= 0.3 is 0 Å². The molecule has 2 aromatic rings. The fourth-order valence-corrected chi connectivity index (χ4v) is 4.54. The maximum Gasteiger partial charge on any atom is 0.290 e. The summed E-state index contributed by atoms with van der Waals surface area (Å²) < 4.78 is 10.8. The van der Waals surface area contributed by atoms with Crippen LogP contribution in [-0.4, -0.2) is 53.0 Å². The fraction of sp³-hybridized carbons (Fsp3) is 0.435. The highest BCUT2D eigenvalue weighted by Crippen LogP contribution is 2.40. The number of ketones is 1. The number of thiazole rings is 1. The van der Waals surface area contributed by atoms with Crippen LogP contribution in [0, 0.1) is 13.8 Å². The summed E-state index contributed by atoms with van der Waals surface area (Å²) in [6, 6.07) is 6.49. The number of carbonyl (C=O) groups excluding carboxylic acids is 2. The molecule has 1 aromatic heterocycles. The lowest BCUT2D eigenvalue weighted by Crippen LogP contribution is -2.32. The van der Waals surface area contributed by atoms with E-state index in [4.69, 9.17) is 9.47 Å². The van der Waals surface area contributed by atoms with Crippen molar-refractivity contribution in [2.75, 3.05) is 20.3 Å². The van der Waals surface area contributed by atoms with Crippen LogP contribution in [0.4, 0.5) is 0 Å². The van der Waals surface area contributed by atoms with Gasteiger partial charge in [0.15, 0.2) is 5.76 Å². The standard InChI is InChI=1S/C23H28N2O5S/c1-13(2)30-12-6-11-25-19(16-7-9-17(29-5)10-8-16)18(21(27)23(25)28)20(26)22-14(3)24-15(4)31-22/h7-10,13,19,27H,6,11-12H2,1-5H3. The van der Waals surface area contributed by atoms with Crippen molar-refractivity contribution in [1.82, 2.24) is 9.88 Å². The molecule has 0 bridgehead atoms. The van der Waals surface area contributed by atoms with Crippen LogP contribution in [0.1, 0.15) is 52.2 Å². The first-order chi connectivity index (χ1) is 14.7. The average molecular weight is 445 g/mol. The summed E-state index contributed by atoms with van der Waals surface area (Å²) in [6.07, 6.45) is 0.678. The highest BCUT2D eigenvalue weighted by atomic mass is 32.1. The third-order valence-corrected chi connectivity index (χ3v) is 6.16. The number of aliphatic hydroxyl groups is 1. The fourth-order valence-electron chi connectivity index (χ4n) is 3.67. The van der Waals surface area contributed by atoms with E-state index >= 15 is 0 Å². The minimum Gasteiger partial charge on any atom is -0.503 e. The van der Waals surface area contributed by atoms with Gasteiger partial charge in [-0.3, -0.25) is 9.59 Å². The maximum atomic E-state index is 13.4. The molecule has 0 fully saturated rings. The van der Waals surface area contributed by atoms with Crippen molar-refractivity contribution in [3.63, 3.8) is 0 Å². The Balaban J connectivity index is 1.98. The van der Waals surface area contributed by atoms with Gasteiger partial charge in [-0.2, -0.15) is 0 Å². The number of aliphatic hydroxyl groups excluding tert-OH is 1.